The summed E-state index contributed by atoms with van der Waals surface area (Å²) in [5.74, 6) is -1.17. The van der Waals surface area contributed by atoms with Gasteiger partial charge in [-0.3, -0.25) is 9.69 Å². The van der Waals surface area contributed by atoms with Crippen LogP contribution in [0.5, 0.6) is 0 Å². The Morgan fingerprint density at radius 1 is 1.24 bits per heavy atom. The number of benzene rings is 1. The minimum absolute atomic E-state index is 0.0370. The van der Waals surface area contributed by atoms with E-state index < -0.39 is 11.6 Å². The minimum Gasteiger partial charge on any atom is -0.380 e. The van der Waals surface area contributed by atoms with Crippen LogP contribution in [-0.4, -0.2) is 43.7 Å². The molecule has 6 heteroatoms. The summed E-state index contributed by atoms with van der Waals surface area (Å²) in [7, 11) is 0. The van der Waals surface area contributed by atoms with Crippen LogP contribution in [0.2, 0.25) is 0 Å². The molecule has 1 aromatic rings. The van der Waals surface area contributed by atoms with Gasteiger partial charge in [0.15, 0.2) is 0 Å². The molecule has 0 aliphatic carbocycles. The highest BCUT2D eigenvalue weighted by Gasteiger charge is 2.13. The summed E-state index contributed by atoms with van der Waals surface area (Å²) in [5.41, 5.74) is 0.438. The van der Waals surface area contributed by atoms with Gasteiger partial charge in [-0.1, -0.05) is 6.07 Å². The number of ether oxygens (including phenoxy) is 1. The minimum atomic E-state index is -0.582. The number of hydrogen-bond donors (Lipinski definition) is 1. The van der Waals surface area contributed by atoms with Gasteiger partial charge in [-0.2, -0.15) is 0 Å². The fourth-order valence-electron chi connectivity index (χ4n) is 2.26. The van der Waals surface area contributed by atoms with E-state index >= 15 is 0 Å². The Bertz CT molecular complexity index is 483. The maximum Gasteiger partial charge on any atom is 0.221 e. The molecule has 1 aliphatic heterocycles. The lowest BCUT2D eigenvalue weighted by atomic mass is 10.2. The average molecular weight is 298 g/mol. The van der Waals surface area contributed by atoms with Crippen LogP contribution in [-0.2, 0) is 16.1 Å². The van der Waals surface area contributed by atoms with Crippen molar-refractivity contribution in [3.8, 4) is 0 Å². The van der Waals surface area contributed by atoms with E-state index in [1.807, 2.05) is 4.90 Å². The first-order valence-electron chi connectivity index (χ1n) is 7.16. The Balaban J connectivity index is 1.98. The fraction of sp³-hybridized carbons (Fsp3) is 0.533. The Morgan fingerprint density at radius 2 is 2.10 bits per heavy atom. The summed E-state index contributed by atoms with van der Waals surface area (Å²) in [4.78, 5) is 13.6. The van der Waals surface area contributed by atoms with Crippen LogP contribution in [0.4, 0.5) is 8.78 Å². The molecule has 0 saturated carbocycles. The summed E-state index contributed by atoms with van der Waals surface area (Å²) in [6.45, 7) is 3.26. The normalized spacial score (nSPS) is 18.9. The van der Waals surface area contributed by atoms with Crippen LogP contribution >= 0.6 is 0 Å². The third-order valence-electron chi connectivity index (χ3n) is 3.40. The first-order valence-corrected chi connectivity index (χ1v) is 7.16. The molecular weight excluding hydrogens is 278 g/mol. The van der Waals surface area contributed by atoms with Crippen LogP contribution in [0.15, 0.2) is 18.2 Å². The lowest BCUT2D eigenvalue weighted by Crippen LogP contribution is -2.32. The van der Waals surface area contributed by atoms with Gasteiger partial charge in [-0.05, 0) is 12.5 Å². The molecule has 4 nitrogen and oxygen atoms in total. The van der Waals surface area contributed by atoms with Gasteiger partial charge >= 0.3 is 0 Å². The summed E-state index contributed by atoms with van der Waals surface area (Å²) in [6.07, 6.45) is 1.18. The number of rotatable bonds is 2. The molecule has 0 unspecified atom stereocenters. The Labute approximate surface area is 123 Å². The van der Waals surface area contributed by atoms with Crippen LogP contribution in [0.3, 0.4) is 0 Å². The van der Waals surface area contributed by atoms with Crippen LogP contribution in [0.25, 0.3) is 0 Å². The standard InChI is InChI=1S/C15H20F2N2O2/c16-13-3-2-12(14(17)10-13)11-19-6-1-8-21-9-5-18-15(20)4-7-19/h2-3,10H,1,4-9,11H2,(H,18,20). The maximum atomic E-state index is 13.7. The smallest absolute Gasteiger partial charge is 0.221 e. The zero-order valence-electron chi connectivity index (χ0n) is 11.9. The molecule has 0 radical (unpaired) electrons. The van der Waals surface area contributed by atoms with Gasteiger partial charge in [-0.15, -0.1) is 0 Å². The fourth-order valence-corrected chi connectivity index (χ4v) is 2.26. The largest absolute Gasteiger partial charge is 0.380 e. The molecular formula is C15H20F2N2O2. The van der Waals surface area contributed by atoms with E-state index in [4.69, 9.17) is 4.74 Å². The molecule has 1 saturated heterocycles. The quantitative estimate of drug-likeness (QED) is 0.903. The van der Waals surface area contributed by atoms with Crippen molar-refractivity contribution in [3.63, 3.8) is 0 Å². The molecule has 21 heavy (non-hydrogen) atoms. The van der Waals surface area contributed by atoms with Gasteiger partial charge < -0.3 is 10.1 Å². The van der Waals surface area contributed by atoms with Crippen molar-refractivity contribution >= 4 is 5.91 Å². The van der Waals surface area contributed by atoms with Gasteiger partial charge in [0.05, 0.1) is 6.61 Å². The van der Waals surface area contributed by atoms with E-state index in [0.29, 0.717) is 51.4 Å². The molecule has 0 bridgehead atoms. The summed E-state index contributed by atoms with van der Waals surface area (Å²) >= 11 is 0. The molecule has 1 aliphatic rings. The van der Waals surface area contributed by atoms with Crippen LogP contribution in [0.1, 0.15) is 18.4 Å². The Kier molecular flexibility index (Phi) is 6.07. The highest BCUT2D eigenvalue weighted by Crippen LogP contribution is 2.13. The Hall–Kier alpha value is -1.53. The molecule has 1 amide bonds. The molecule has 0 aromatic heterocycles. The zero-order chi connectivity index (χ0) is 15.1. The number of nitrogens with one attached hydrogen (secondary N) is 1. The summed E-state index contributed by atoms with van der Waals surface area (Å²) < 4.78 is 32.0. The predicted octanol–water partition coefficient (Wildman–Crippen LogP) is 1.69. The van der Waals surface area contributed by atoms with Crippen molar-refractivity contribution in [2.45, 2.75) is 19.4 Å². The highest BCUT2D eigenvalue weighted by atomic mass is 19.1. The third kappa shape index (κ3) is 5.40. The van der Waals surface area contributed by atoms with E-state index in [1.165, 1.54) is 12.1 Å². The van der Waals surface area contributed by atoms with E-state index in [1.54, 1.807) is 0 Å². The molecule has 1 fully saturated rings. The second-order valence-electron chi connectivity index (χ2n) is 5.08. The van der Waals surface area contributed by atoms with Crippen molar-refractivity contribution in [1.82, 2.24) is 10.2 Å². The number of carbonyl (C=O) groups excluding carboxylic acids is 1. The van der Waals surface area contributed by atoms with Crippen molar-refractivity contribution in [2.24, 2.45) is 0 Å². The van der Waals surface area contributed by atoms with Gasteiger partial charge in [0, 0.05) is 50.8 Å². The molecule has 0 spiro atoms. The number of hydrogen-bond acceptors (Lipinski definition) is 3. The second kappa shape index (κ2) is 8.05. The van der Waals surface area contributed by atoms with E-state index in [-0.39, 0.29) is 5.91 Å². The number of nitrogens with zero attached hydrogens (tertiary/aromatic N) is 1. The number of halogens is 2. The van der Waals surface area contributed by atoms with Crippen molar-refractivity contribution in [1.29, 1.82) is 0 Å². The predicted molar refractivity (Wildman–Crippen MR) is 74.7 cm³/mol. The van der Waals surface area contributed by atoms with E-state index in [9.17, 15) is 13.6 Å². The monoisotopic (exact) mass is 298 g/mol. The molecule has 1 aromatic carbocycles. The summed E-state index contributed by atoms with van der Waals surface area (Å²) in [6, 6.07) is 3.59. The zero-order valence-corrected chi connectivity index (χ0v) is 11.9. The van der Waals surface area contributed by atoms with Gasteiger partial charge in [0.2, 0.25) is 5.91 Å². The lowest BCUT2D eigenvalue weighted by Gasteiger charge is -2.22. The van der Waals surface area contributed by atoms with Crippen molar-refractivity contribution in [2.75, 3.05) is 32.8 Å². The lowest BCUT2D eigenvalue weighted by molar-refractivity contribution is -0.121. The Morgan fingerprint density at radius 3 is 2.90 bits per heavy atom. The van der Waals surface area contributed by atoms with Crippen LogP contribution < -0.4 is 5.32 Å². The van der Waals surface area contributed by atoms with Crippen molar-refractivity contribution in [3.05, 3.63) is 35.4 Å². The molecule has 1 heterocycles. The SMILES string of the molecule is O=C1CCN(Cc2ccc(F)cc2F)CCCOCCN1. The average Bonchev–Trinajstić information content (AvgIpc) is 2.49. The number of carbonyl (C=O) groups is 1. The third-order valence-corrected chi connectivity index (χ3v) is 3.40. The van der Waals surface area contributed by atoms with Gasteiger partial charge in [0.1, 0.15) is 11.6 Å². The topological polar surface area (TPSA) is 41.6 Å². The van der Waals surface area contributed by atoms with Gasteiger partial charge in [-0.25, -0.2) is 8.78 Å². The highest BCUT2D eigenvalue weighted by molar-refractivity contribution is 5.76. The molecule has 116 valence electrons. The number of amides is 1. The van der Waals surface area contributed by atoms with Gasteiger partial charge in [0.25, 0.3) is 0 Å². The first-order chi connectivity index (χ1) is 10.1. The molecule has 1 N–H and O–H groups in total. The maximum absolute atomic E-state index is 13.7. The molecule has 2 rings (SSSR count). The first kappa shape index (κ1) is 15.9. The van der Waals surface area contributed by atoms with E-state index in [2.05, 4.69) is 5.32 Å². The van der Waals surface area contributed by atoms with E-state index in [0.717, 1.165) is 12.5 Å². The molecule has 0 atom stereocenters. The van der Waals surface area contributed by atoms with Crippen molar-refractivity contribution < 1.29 is 18.3 Å². The summed E-state index contributed by atoms with van der Waals surface area (Å²) in [5, 5.41) is 2.77. The second-order valence-corrected chi connectivity index (χ2v) is 5.08. The van der Waals surface area contributed by atoms with Crippen LogP contribution in [0, 0.1) is 11.6 Å².